The third kappa shape index (κ3) is 3.24. The molecule has 1 nitrogen and oxygen atoms in total. The number of alkyl halides is 1. The van der Waals surface area contributed by atoms with Gasteiger partial charge in [0.15, 0.2) is 0 Å². The third-order valence-electron chi connectivity index (χ3n) is 2.35. The van der Waals surface area contributed by atoms with E-state index >= 15 is 0 Å². The van der Waals surface area contributed by atoms with Crippen LogP contribution in [0, 0.1) is 5.92 Å². The summed E-state index contributed by atoms with van der Waals surface area (Å²) in [6.07, 6.45) is 5.25. The smallest absolute Gasteiger partial charge is 0.130 e. The van der Waals surface area contributed by atoms with Crippen LogP contribution >= 0.6 is 11.6 Å². The van der Waals surface area contributed by atoms with E-state index in [1.807, 2.05) is 0 Å². The van der Waals surface area contributed by atoms with Crippen LogP contribution in [0.3, 0.4) is 0 Å². The van der Waals surface area contributed by atoms with E-state index in [0.29, 0.717) is 17.1 Å². The number of halogens is 1. The number of Topliss-reactive ketones (excluding diaryl/α,β-unsaturated/α-hetero) is 1. The molecule has 0 atom stereocenters. The van der Waals surface area contributed by atoms with Gasteiger partial charge in [-0.2, -0.15) is 0 Å². The fraction of sp³-hybridized carbons (Fsp3) is 0.889. The molecule has 1 aliphatic rings. The quantitative estimate of drug-likeness (QED) is 0.589. The molecule has 0 bridgehead atoms. The number of carbonyl (C=O) groups excluding carboxylic acids is 1. The highest BCUT2D eigenvalue weighted by Crippen LogP contribution is 2.29. The Morgan fingerprint density at radius 2 is 1.91 bits per heavy atom. The molecule has 0 aromatic carbocycles. The second-order valence-corrected chi connectivity index (χ2v) is 4.14. The first-order chi connectivity index (χ1) is 5.18. The SMILES string of the molecule is CC(=O)CC1CCC(Cl)CC1. The minimum absolute atomic E-state index is 0.322. The van der Waals surface area contributed by atoms with E-state index in [-0.39, 0.29) is 0 Å². The van der Waals surface area contributed by atoms with Crippen LogP contribution in [0.2, 0.25) is 0 Å². The minimum Gasteiger partial charge on any atom is -0.300 e. The summed E-state index contributed by atoms with van der Waals surface area (Å²) in [5.41, 5.74) is 0. The Bertz CT molecular complexity index is 136. The molecule has 0 aliphatic heterocycles. The normalized spacial score (nSPS) is 31.8. The van der Waals surface area contributed by atoms with Crippen molar-refractivity contribution >= 4 is 17.4 Å². The van der Waals surface area contributed by atoms with Gasteiger partial charge < -0.3 is 4.79 Å². The molecule has 1 aliphatic carbocycles. The Morgan fingerprint density at radius 1 is 1.36 bits per heavy atom. The van der Waals surface area contributed by atoms with Crippen LogP contribution < -0.4 is 0 Å². The summed E-state index contributed by atoms with van der Waals surface area (Å²) in [5, 5.41) is 0.373. The standard InChI is InChI=1S/C9H15ClO/c1-7(11)6-8-2-4-9(10)5-3-8/h8-9H,2-6H2,1H3. The van der Waals surface area contributed by atoms with Crippen LogP contribution in [0.5, 0.6) is 0 Å². The summed E-state index contributed by atoms with van der Waals surface area (Å²) in [4.78, 5) is 10.8. The largest absolute Gasteiger partial charge is 0.300 e. The highest BCUT2D eigenvalue weighted by molar-refractivity contribution is 6.20. The van der Waals surface area contributed by atoms with Gasteiger partial charge in [-0.1, -0.05) is 0 Å². The van der Waals surface area contributed by atoms with Gasteiger partial charge in [-0.25, -0.2) is 0 Å². The van der Waals surface area contributed by atoms with Gasteiger partial charge in [0.2, 0.25) is 0 Å². The number of hydrogen-bond acceptors (Lipinski definition) is 1. The monoisotopic (exact) mass is 174 g/mol. The number of rotatable bonds is 2. The van der Waals surface area contributed by atoms with Crippen molar-refractivity contribution in [1.29, 1.82) is 0 Å². The average molecular weight is 175 g/mol. The molecule has 64 valence electrons. The molecule has 0 aromatic heterocycles. The first kappa shape index (κ1) is 9.05. The molecule has 11 heavy (non-hydrogen) atoms. The van der Waals surface area contributed by atoms with Crippen LogP contribution in [-0.4, -0.2) is 11.2 Å². The van der Waals surface area contributed by atoms with Gasteiger partial charge >= 0.3 is 0 Å². The molecule has 0 heterocycles. The molecule has 0 spiro atoms. The van der Waals surface area contributed by atoms with E-state index < -0.39 is 0 Å². The zero-order valence-corrected chi connectivity index (χ0v) is 7.73. The van der Waals surface area contributed by atoms with Crippen LogP contribution in [-0.2, 0) is 4.79 Å². The molecular formula is C9H15ClO. The molecule has 0 N–H and O–H groups in total. The summed E-state index contributed by atoms with van der Waals surface area (Å²) in [6, 6.07) is 0. The molecule has 0 radical (unpaired) electrons. The lowest BCUT2D eigenvalue weighted by atomic mass is 9.86. The van der Waals surface area contributed by atoms with Crippen LogP contribution in [0.1, 0.15) is 39.0 Å². The van der Waals surface area contributed by atoms with E-state index in [0.717, 1.165) is 32.1 Å². The van der Waals surface area contributed by atoms with Crippen molar-refractivity contribution in [2.75, 3.05) is 0 Å². The maximum atomic E-state index is 10.8. The second-order valence-electron chi connectivity index (χ2n) is 3.52. The third-order valence-corrected chi connectivity index (χ3v) is 2.79. The number of hydrogen-bond donors (Lipinski definition) is 0. The Morgan fingerprint density at radius 3 is 2.36 bits per heavy atom. The van der Waals surface area contributed by atoms with Crippen LogP contribution in [0.4, 0.5) is 0 Å². The van der Waals surface area contributed by atoms with Gasteiger partial charge in [-0.05, 0) is 38.5 Å². The molecular weight excluding hydrogens is 160 g/mol. The summed E-state index contributed by atoms with van der Waals surface area (Å²) in [6.45, 7) is 1.67. The maximum Gasteiger partial charge on any atom is 0.130 e. The molecule has 0 unspecified atom stereocenters. The summed E-state index contributed by atoms with van der Waals surface area (Å²) < 4.78 is 0. The van der Waals surface area contributed by atoms with Crippen molar-refractivity contribution in [2.45, 2.75) is 44.4 Å². The van der Waals surface area contributed by atoms with Crippen LogP contribution in [0.25, 0.3) is 0 Å². The van der Waals surface area contributed by atoms with Crippen molar-refractivity contribution in [3.8, 4) is 0 Å². The van der Waals surface area contributed by atoms with E-state index in [9.17, 15) is 4.79 Å². The second kappa shape index (κ2) is 4.10. The van der Waals surface area contributed by atoms with Gasteiger partial charge in [0.25, 0.3) is 0 Å². The predicted molar refractivity (Wildman–Crippen MR) is 46.9 cm³/mol. The molecule has 0 aromatic rings. The van der Waals surface area contributed by atoms with Gasteiger partial charge in [-0.15, -0.1) is 11.6 Å². The average Bonchev–Trinajstić information content (AvgIpc) is 1.93. The molecule has 1 rings (SSSR count). The first-order valence-corrected chi connectivity index (χ1v) is 4.75. The number of ketones is 1. The van der Waals surface area contributed by atoms with E-state index in [4.69, 9.17) is 11.6 Å². The van der Waals surface area contributed by atoms with Gasteiger partial charge in [0.05, 0.1) is 0 Å². The molecule has 1 fully saturated rings. The Balaban J connectivity index is 2.22. The van der Waals surface area contributed by atoms with Gasteiger partial charge in [0.1, 0.15) is 5.78 Å². The summed E-state index contributed by atoms with van der Waals surface area (Å²) in [7, 11) is 0. The van der Waals surface area contributed by atoms with Crippen molar-refractivity contribution in [3.63, 3.8) is 0 Å². The topological polar surface area (TPSA) is 17.1 Å². The van der Waals surface area contributed by atoms with Gasteiger partial charge in [-0.3, -0.25) is 0 Å². The molecule has 1 saturated carbocycles. The van der Waals surface area contributed by atoms with E-state index in [1.165, 1.54) is 0 Å². The van der Waals surface area contributed by atoms with Crippen molar-refractivity contribution in [2.24, 2.45) is 5.92 Å². The van der Waals surface area contributed by atoms with Crippen LogP contribution in [0.15, 0.2) is 0 Å². The van der Waals surface area contributed by atoms with Crippen molar-refractivity contribution < 1.29 is 4.79 Å². The van der Waals surface area contributed by atoms with Crippen molar-refractivity contribution in [1.82, 2.24) is 0 Å². The number of carbonyl (C=O) groups is 1. The van der Waals surface area contributed by atoms with Crippen molar-refractivity contribution in [3.05, 3.63) is 0 Å². The Kier molecular flexibility index (Phi) is 3.38. The molecule has 0 amide bonds. The molecule has 0 saturated heterocycles. The fourth-order valence-electron chi connectivity index (χ4n) is 1.73. The highest BCUT2D eigenvalue weighted by atomic mass is 35.5. The predicted octanol–water partition coefficient (Wildman–Crippen LogP) is 2.76. The zero-order chi connectivity index (χ0) is 8.27. The summed E-state index contributed by atoms with van der Waals surface area (Å²) >= 11 is 5.93. The Labute approximate surface area is 73.1 Å². The van der Waals surface area contributed by atoms with Gasteiger partial charge in [0, 0.05) is 11.8 Å². The summed E-state index contributed by atoms with van der Waals surface area (Å²) in [5.74, 6) is 0.950. The highest BCUT2D eigenvalue weighted by Gasteiger charge is 2.19. The molecule has 2 heteroatoms. The van der Waals surface area contributed by atoms with E-state index in [2.05, 4.69) is 0 Å². The maximum absolute atomic E-state index is 10.8. The minimum atomic E-state index is 0.322. The van der Waals surface area contributed by atoms with E-state index in [1.54, 1.807) is 6.92 Å². The Hall–Kier alpha value is -0.0400. The lowest BCUT2D eigenvalue weighted by molar-refractivity contribution is -0.118. The fourth-order valence-corrected chi connectivity index (χ4v) is 1.98. The zero-order valence-electron chi connectivity index (χ0n) is 6.98. The first-order valence-electron chi connectivity index (χ1n) is 4.32. The lowest BCUT2D eigenvalue weighted by Gasteiger charge is -2.23. The lowest BCUT2D eigenvalue weighted by Crippen LogP contribution is -2.16.